The van der Waals surface area contributed by atoms with Crippen LogP contribution in [0.25, 0.3) is 0 Å². The Morgan fingerprint density at radius 2 is 1.28 bits per heavy atom. The highest BCUT2D eigenvalue weighted by Crippen LogP contribution is 2.31. The van der Waals surface area contributed by atoms with E-state index in [2.05, 4.69) is 96.8 Å². The van der Waals surface area contributed by atoms with E-state index in [0.29, 0.717) is 0 Å². The zero-order valence-corrected chi connectivity index (χ0v) is 14.5. The molecule has 0 atom stereocenters. The van der Waals surface area contributed by atoms with E-state index in [0.717, 1.165) is 24.6 Å². The third kappa shape index (κ3) is 3.63. The lowest BCUT2D eigenvalue weighted by atomic mass is 9.90. The molecular weight excluding hydrogens is 304 g/mol. The lowest BCUT2D eigenvalue weighted by molar-refractivity contribution is 0.788. The minimum atomic E-state index is 0.159. The molecule has 0 saturated carbocycles. The van der Waals surface area contributed by atoms with Crippen molar-refractivity contribution >= 4 is 11.5 Å². The number of aryl methyl sites for hydroxylation is 1. The first-order chi connectivity index (χ1) is 12.3. The van der Waals surface area contributed by atoms with Crippen molar-refractivity contribution in [3.05, 3.63) is 102 Å². The number of aliphatic imine (C=N–C) groups is 1. The van der Waals surface area contributed by atoms with Crippen LogP contribution >= 0.6 is 0 Å². The zero-order chi connectivity index (χ0) is 17.1. The number of amidine groups is 1. The fourth-order valence-corrected chi connectivity index (χ4v) is 3.13. The maximum absolute atomic E-state index is 5.06. The summed E-state index contributed by atoms with van der Waals surface area (Å²) in [5.74, 6) is 1.30. The lowest BCUT2D eigenvalue weighted by Gasteiger charge is -2.22. The van der Waals surface area contributed by atoms with Crippen molar-refractivity contribution < 1.29 is 0 Å². The Labute approximate surface area is 149 Å². The first-order valence-electron chi connectivity index (χ1n) is 8.81. The molecule has 2 heteroatoms. The summed E-state index contributed by atoms with van der Waals surface area (Å²) in [4.78, 5) is 7.42. The molecule has 0 radical (unpaired) electrons. The Morgan fingerprint density at radius 3 is 1.76 bits per heavy atom. The summed E-state index contributed by atoms with van der Waals surface area (Å²) in [5, 5.41) is 0. The molecule has 124 valence electrons. The van der Waals surface area contributed by atoms with Gasteiger partial charge in [-0.05, 0) is 30.2 Å². The van der Waals surface area contributed by atoms with Crippen LogP contribution in [0.5, 0.6) is 0 Å². The van der Waals surface area contributed by atoms with Gasteiger partial charge in [0.2, 0.25) is 0 Å². The molecule has 0 aromatic heterocycles. The van der Waals surface area contributed by atoms with Gasteiger partial charge in [0.05, 0.1) is 11.6 Å². The van der Waals surface area contributed by atoms with E-state index in [-0.39, 0.29) is 5.92 Å². The van der Waals surface area contributed by atoms with Gasteiger partial charge in [0, 0.05) is 13.1 Å². The molecule has 1 aliphatic rings. The molecule has 0 unspecified atom stereocenters. The molecule has 2 nitrogen and oxygen atoms in total. The van der Waals surface area contributed by atoms with Crippen LogP contribution in [-0.2, 0) is 0 Å². The molecule has 1 fully saturated rings. The van der Waals surface area contributed by atoms with E-state index in [1.165, 1.54) is 16.7 Å². The highest BCUT2D eigenvalue weighted by atomic mass is 15.3. The maximum Gasteiger partial charge on any atom is 0.117 e. The predicted octanol–water partition coefficient (Wildman–Crippen LogP) is 5.17. The van der Waals surface area contributed by atoms with Crippen LogP contribution in [0.4, 0.5) is 5.69 Å². The molecule has 0 N–H and O–H groups in total. The molecular formula is C23H22N2. The van der Waals surface area contributed by atoms with E-state index in [1.807, 2.05) is 0 Å². The van der Waals surface area contributed by atoms with Crippen LogP contribution in [0.3, 0.4) is 0 Å². The van der Waals surface area contributed by atoms with Crippen LogP contribution in [0.15, 0.2) is 89.9 Å². The molecule has 0 spiro atoms. The van der Waals surface area contributed by atoms with Gasteiger partial charge >= 0.3 is 0 Å². The second-order valence-corrected chi connectivity index (χ2v) is 6.55. The number of hydrogen-bond donors (Lipinski definition) is 0. The van der Waals surface area contributed by atoms with Gasteiger partial charge in [0.1, 0.15) is 5.84 Å². The smallest absolute Gasteiger partial charge is 0.117 e. The van der Waals surface area contributed by atoms with Gasteiger partial charge < -0.3 is 4.90 Å². The highest BCUT2D eigenvalue weighted by molar-refractivity contribution is 5.95. The molecule has 0 aliphatic carbocycles. The van der Waals surface area contributed by atoms with Crippen LogP contribution < -0.4 is 0 Å². The molecule has 4 rings (SSSR count). The van der Waals surface area contributed by atoms with Crippen molar-refractivity contribution in [2.24, 2.45) is 4.99 Å². The monoisotopic (exact) mass is 326 g/mol. The summed E-state index contributed by atoms with van der Waals surface area (Å²) in [7, 11) is 0. The number of hydrogen-bond acceptors (Lipinski definition) is 1. The molecule has 25 heavy (non-hydrogen) atoms. The van der Waals surface area contributed by atoms with Gasteiger partial charge in [-0.15, -0.1) is 0 Å². The predicted molar refractivity (Wildman–Crippen MR) is 105 cm³/mol. The van der Waals surface area contributed by atoms with Crippen molar-refractivity contribution in [1.29, 1.82) is 0 Å². The Kier molecular flexibility index (Phi) is 4.34. The summed E-state index contributed by atoms with van der Waals surface area (Å²) in [6.07, 6.45) is 0. The summed E-state index contributed by atoms with van der Waals surface area (Å²) in [5.41, 5.74) is 4.84. The van der Waals surface area contributed by atoms with Gasteiger partial charge in [-0.3, -0.25) is 0 Å². The SMILES string of the molecule is Cc1ccc(N=C(C(c2ccccc2)c2ccccc2)N2CC2)cc1. The van der Waals surface area contributed by atoms with E-state index in [1.54, 1.807) is 0 Å². The lowest BCUT2D eigenvalue weighted by Crippen LogP contribution is -2.22. The van der Waals surface area contributed by atoms with Crippen molar-refractivity contribution in [3.63, 3.8) is 0 Å². The van der Waals surface area contributed by atoms with E-state index in [4.69, 9.17) is 4.99 Å². The van der Waals surface area contributed by atoms with Crippen LogP contribution in [0, 0.1) is 6.92 Å². The second-order valence-electron chi connectivity index (χ2n) is 6.55. The molecule has 1 saturated heterocycles. The van der Waals surface area contributed by atoms with Crippen molar-refractivity contribution in [2.45, 2.75) is 12.8 Å². The Bertz CT molecular complexity index is 808. The average Bonchev–Trinajstić information content (AvgIpc) is 3.50. The normalized spacial score (nSPS) is 14.0. The Morgan fingerprint density at radius 1 is 0.760 bits per heavy atom. The van der Waals surface area contributed by atoms with Gasteiger partial charge in [-0.2, -0.15) is 0 Å². The zero-order valence-electron chi connectivity index (χ0n) is 14.5. The molecule has 3 aromatic rings. The Balaban J connectivity index is 1.82. The molecule has 1 aliphatic heterocycles. The van der Waals surface area contributed by atoms with Gasteiger partial charge in [-0.25, -0.2) is 4.99 Å². The van der Waals surface area contributed by atoms with Crippen molar-refractivity contribution in [2.75, 3.05) is 13.1 Å². The van der Waals surface area contributed by atoms with Crippen LogP contribution in [0.1, 0.15) is 22.6 Å². The van der Waals surface area contributed by atoms with Gasteiger partial charge in [0.25, 0.3) is 0 Å². The first-order valence-corrected chi connectivity index (χ1v) is 8.81. The quantitative estimate of drug-likeness (QED) is 0.367. The third-order valence-electron chi connectivity index (χ3n) is 4.57. The topological polar surface area (TPSA) is 15.4 Å². The minimum absolute atomic E-state index is 0.159. The molecule has 0 amide bonds. The number of benzene rings is 3. The fraction of sp³-hybridized carbons (Fsp3) is 0.174. The van der Waals surface area contributed by atoms with E-state index >= 15 is 0 Å². The maximum atomic E-state index is 5.06. The largest absolute Gasteiger partial charge is 0.356 e. The second kappa shape index (κ2) is 6.94. The van der Waals surface area contributed by atoms with E-state index in [9.17, 15) is 0 Å². The van der Waals surface area contributed by atoms with Gasteiger partial charge in [-0.1, -0.05) is 78.4 Å². The summed E-state index contributed by atoms with van der Waals surface area (Å²) >= 11 is 0. The fourth-order valence-electron chi connectivity index (χ4n) is 3.13. The number of rotatable bonds is 4. The van der Waals surface area contributed by atoms with Crippen LogP contribution in [-0.4, -0.2) is 23.8 Å². The molecule has 3 aromatic carbocycles. The minimum Gasteiger partial charge on any atom is -0.356 e. The number of nitrogens with zero attached hydrogens (tertiary/aromatic N) is 2. The molecule has 1 heterocycles. The Hall–Kier alpha value is -2.87. The third-order valence-corrected chi connectivity index (χ3v) is 4.57. The molecule has 0 bridgehead atoms. The highest BCUT2D eigenvalue weighted by Gasteiger charge is 2.31. The van der Waals surface area contributed by atoms with Crippen molar-refractivity contribution in [1.82, 2.24) is 4.90 Å². The summed E-state index contributed by atoms with van der Waals surface area (Å²) in [6, 6.07) is 29.8. The summed E-state index contributed by atoms with van der Waals surface area (Å²) in [6.45, 7) is 4.28. The summed E-state index contributed by atoms with van der Waals surface area (Å²) < 4.78 is 0. The standard InChI is InChI=1S/C23H22N2/c1-18-12-14-21(15-13-18)24-23(25-16-17-25)22(19-8-4-2-5-9-19)20-10-6-3-7-11-20/h2-15,22H,16-17H2,1H3. The first kappa shape index (κ1) is 15.6. The van der Waals surface area contributed by atoms with Crippen molar-refractivity contribution in [3.8, 4) is 0 Å². The van der Waals surface area contributed by atoms with Crippen LogP contribution in [0.2, 0.25) is 0 Å². The van der Waals surface area contributed by atoms with Gasteiger partial charge in [0.15, 0.2) is 0 Å². The average molecular weight is 326 g/mol. The van der Waals surface area contributed by atoms with E-state index < -0.39 is 0 Å².